The number of Topliss-reactive ketones (excluding diaryl/α,β-unsaturated/α-hetero) is 1. The standard InChI is InChI=1S/C45H62FN2O8P/c1-3-4-5-6-7-8-9-10-11-12-13-14-15-16-17-18-19-21-25-30-38(49)31-26-22-20-23-29-36-57(53,56-39-32-27-24-28-33-39)54-37-40-42(51)45(2,46)43(55-40)48-35-34-41(50)47-44(48)52/h4-5,7-8,10-11,13-14,16-17,19,21,24,27-28,32-35,40,42-43,51H,3,6,9,12,15,18,20,22-23,25-26,29-31,36-37H2,1-2H3,(H,47,50,52)/b5-4-,8-7-,11-10-,14-13-,17-16-,21-19-/t40-,42-,43?,45-,57?/m1/s1. The molecule has 2 N–H and O–H groups in total. The SMILES string of the molecule is CC/C=C\C/C=C\C/C=C\C/C=C\C/C=C\C/C=C\CCC(=O)CCCCCCCP(=O)(OC[C@H]1OC(n2ccc(=O)[nH]c2=O)[C@](C)(F)[C@@H]1O)Oc1ccccc1. The number of hydrogen-bond donors (Lipinski definition) is 2. The van der Waals surface area contributed by atoms with E-state index in [4.69, 9.17) is 13.8 Å². The summed E-state index contributed by atoms with van der Waals surface area (Å²) in [4.78, 5) is 38.2. The zero-order valence-corrected chi connectivity index (χ0v) is 34.5. The second kappa shape index (κ2) is 26.7. The fourth-order valence-corrected chi connectivity index (χ4v) is 7.80. The number of alkyl halides is 1. The highest BCUT2D eigenvalue weighted by Gasteiger charge is 2.55. The highest BCUT2D eigenvalue weighted by atomic mass is 31.2. The van der Waals surface area contributed by atoms with Crippen LogP contribution in [0.4, 0.5) is 4.39 Å². The van der Waals surface area contributed by atoms with Crippen molar-refractivity contribution in [1.29, 1.82) is 0 Å². The van der Waals surface area contributed by atoms with Crippen molar-refractivity contribution >= 4 is 13.4 Å². The van der Waals surface area contributed by atoms with Crippen LogP contribution < -0.4 is 15.8 Å². The van der Waals surface area contributed by atoms with Gasteiger partial charge in [0.1, 0.15) is 23.7 Å². The van der Waals surface area contributed by atoms with Gasteiger partial charge in [-0.3, -0.25) is 23.7 Å². The average Bonchev–Trinajstić information content (AvgIpc) is 3.41. The normalized spacial score (nSPS) is 21.3. The fraction of sp³-hybridized carbons (Fsp3) is 0.489. The molecule has 2 unspecified atom stereocenters. The summed E-state index contributed by atoms with van der Waals surface area (Å²) in [6.07, 6.45) is 33.9. The van der Waals surface area contributed by atoms with Gasteiger partial charge in [0.05, 0.1) is 12.8 Å². The maximum atomic E-state index is 15.7. The molecule has 0 aliphatic carbocycles. The zero-order valence-electron chi connectivity index (χ0n) is 33.6. The van der Waals surface area contributed by atoms with Crippen LogP contribution in [0.25, 0.3) is 0 Å². The van der Waals surface area contributed by atoms with Gasteiger partial charge in [-0.15, -0.1) is 0 Å². The van der Waals surface area contributed by atoms with E-state index >= 15 is 4.39 Å². The van der Waals surface area contributed by atoms with Gasteiger partial charge in [0.25, 0.3) is 5.56 Å². The molecular weight excluding hydrogens is 746 g/mol. The Morgan fingerprint density at radius 3 is 2.00 bits per heavy atom. The lowest BCUT2D eigenvalue weighted by Gasteiger charge is -2.24. The van der Waals surface area contributed by atoms with Crippen molar-refractivity contribution in [2.24, 2.45) is 0 Å². The lowest BCUT2D eigenvalue weighted by molar-refractivity contribution is -0.119. The Morgan fingerprint density at radius 1 is 0.842 bits per heavy atom. The highest BCUT2D eigenvalue weighted by Crippen LogP contribution is 2.50. The number of nitrogens with one attached hydrogen (secondary N) is 1. The summed E-state index contributed by atoms with van der Waals surface area (Å²) in [5, 5.41) is 10.7. The number of H-pyrrole nitrogens is 1. The smallest absolute Gasteiger partial charge is 0.379 e. The van der Waals surface area contributed by atoms with Crippen molar-refractivity contribution in [2.45, 2.75) is 128 Å². The second-order valence-corrected chi connectivity index (χ2v) is 16.3. The van der Waals surface area contributed by atoms with Gasteiger partial charge < -0.3 is 14.4 Å². The van der Waals surface area contributed by atoms with E-state index in [2.05, 4.69) is 79.8 Å². The van der Waals surface area contributed by atoms with E-state index in [0.29, 0.717) is 25.0 Å². The largest absolute Gasteiger partial charge is 0.424 e. The molecule has 2 aromatic rings. The summed E-state index contributed by atoms with van der Waals surface area (Å²) < 4.78 is 47.7. The van der Waals surface area contributed by atoms with Gasteiger partial charge in [-0.05, 0) is 76.8 Å². The molecule has 57 heavy (non-hydrogen) atoms. The van der Waals surface area contributed by atoms with Gasteiger partial charge in [-0.2, -0.15) is 0 Å². The minimum absolute atomic E-state index is 0.0747. The molecule has 2 heterocycles. The van der Waals surface area contributed by atoms with E-state index in [0.717, 1.165) is 94.4 Å². The fourth-order valence-electron chi connectivity index (χ4n) is 6.09. The van der Waals surface area contributed by atoms with Crippen molar-refractivity contribution in [1.82, 2.24) is 9.55 Å². The van der Waals surface area contributed by atoms with Crippen LogP contribution >= 0.6 is 7.60 Å². The van der Waals surface area contributed by atoms with E-state index in [1.807, 2.05) is 4.98 Å². The number of aliphatic hydroxyl groups excluding tert-OH is 1. The number of nitrogens with zero attached hydrogens (tertiary/aromatic N) is 1. The Kier molecular flexibility index (Phi) is 22.1. The molecule has 0 spiro atoms. The molecule has 1 aliphatic rings. The number of hydrogen-bond acceptors (Lipinski definition) is 8. The minimum atomic E-state index is -3.78. The van der Waals surface area contributed by atoms with E-state index < -0.39 is 49.6 Å². The van der Waals surface area contributed by atoms with Gasteiger partial charge in [-0.25, -0.2) is 13.8 Å². The van der Waals surface area contributed by atoms with Crippen molar-refractivity contribution in [3.63, 3.8) is 0 Å². The Hall–Kier alpha value is -4.15. The summed E-state index contributed by atoms with van der Waals surface area (Å²) in [6, 6.07) is 9.59. The number of halogens is 1. The van der Waals surface area contributed by atoms with Crippen molar-refractivity contribution in [3.8, 4) is 5.75 Å². The number of ketones is 1. The molecule has 0 saturated carbocycles. The quantitative estimate of drug-likeness (QED) is 0.0493. The number of para-hydroxylation sites is 1. The van der Waals surface area contributed by atoms with Crippen LogP contribution in [0.15, 0.2) is 125 Å². The van der Waals surface area contributed by atoms with Gasteiger partial charge in [0.2, 0.25) is 0 Å². The van der Waals surface area contributed by atoms with Gasteiger partial charge in [-0.1, -0.05) is 117 Å². The number of carbonyl (C=O) groups is 1. The monoisotopic (exact) mass is 808 g/mol. The van der Waals surface area contributed by atoms with Crippen LogP contribution in [-0.2, 0) is 18.6 Å². The van der Waals surface area contributed by atoms with Crippen LogP contribution in [0.3, 0.4) is 0 Å². The van der Waals surface area contributed by atoms with Crippen LogP contribution in [0.1, 0.15) is 110 Å². The minimum Gasteiger partial charge on any atom is -0.424 e. The molecule has 0 bridgehead atoms. The Balaban J connectivity index is 1.29. The topological polar surface area (TPSA) is 137 Å². The van der Waals surface area contributed by atoms with Gasteiger partial charge >= 0.3 is 13.3 Å². The number of carbonyl (C=O) groups excluding carboxylic acids is 1. The first-order valence-corrected chi connectivity index (χ1v) is 22.0. The molecule has 1 saturated heterocycles. The molecule has 1 aromatic heterocycles. The Labute approximate surface area is 337 Å². The predicted octanol–water partition coefficient (Wildman–Crippen LogP) is 10.2. The van der Waals surface area contributed by atoms with Crippen LogP contribution in [0.5, 0.6) is 5.75 Å². The van der Waals surface area contributed by atoms with E-state index in [-0.39, 0.29) is 11.9 Å². The lowest BCUT2D eigenvalue weighted by Crippen LogP contribution is -2.43. The van der Waals surface area contributed by atoms with Gasteiger partial charge in [0.15, 0.2) is 11.9 Å². The number of allylic oxidation sites excluding steroid dienone is 12. The molecule has 312 valence electrons. The van der Waals surface area contributed by atoms with E-state index in [1.165, 1.54) is 0 Å². The third-order valence-corrected chi connectivity index (χ3v) is 11.2. The van der Waals surface area contributed by atoms with Crippen LogP contribution in [0, 0.1) is 0 Å². The molecule has 10 nitrogen and oxygen atoms in total. The lowest BCUT2D eigenvalue weighted by atomic mass is 9.98. The predicted molar refractivity (Wildman–Crippen MR) is 226 cm³/mol. The summed E-state index contributed by atoms with van der Waals surface area (Å²) in [7, 11) is -3.78. The Bertz CT molecular complexity index is 1810. The zero-order chi connectivity index (χ0) is 41.2. The summed E-state index contributed by atoms with van der Waals surface area (Å²) in [6.45, 7) is 2.77. The van der Waals surface area contributed by atoms with Crippen LogP contribution in [-0.4, -0.2) is 51.1 Å². The highest BCUT2D eigenvalue weighted by molar-refractivity contribution is 7.54. The second-order valence-electron chi connectivity index (χ2n) is 14.2. The molecule has 5 atom stereocenters. The number of aromatic amines is 1. The average molecular weight is 809 g/mol. The van der Waals surface area contributed by atoms with Crippen molar-refractivity contribution in [2.75, 3.05) is 12.8 Å². The molecule has 1 aromatic carbocycles. The van der Waals surface area contributed by atoms with Crippen LogP contribution in [0.2, 0.25) is 0 Å². The first-order chi connectivity index (χ1) is 27.6. The van der Waals surface area contributed by atoms with E-state index in [9.17, 15) is 24.1 Å². The third kappa shape index (κ3) is 18.3. The first kappa shape index (κ1) is 47.2. The third-order valence-electron chi connectivity index (χ3n) is 9.32. The number of aromatic nitrogens is 2. The molecule has 1 aliphatic heterocycles. The molecule has 3 rings (SSSR count). The van der Waals surface area contributed by atoms with Crippen molar-refractivity contribution in [3.05, 3.63) is 136 Å². The number of aliphatic hydroxyl groups is 1. The maximum absolute atomic E-state index is 15.7. The summed E-state index contributed by atoms with van der Waals surface area (Å²) >= 11 is 0. The molecule has 1 fully saturated rings. The maximum Gasteiger partial charge on any atom is 0.379 e. The number of ether oxygens (including phenoxy) is 1. The molecular formula is C45H62FN2O8P. The number of rotatable bonds is 28. The Morgan fingerprint density at radius 2 is 1.40 bits per heavy atom. The first-order valence-electron chi connectivity index (χ1n) is 20.3. The van der Waals surface area contributed by atoms with E-state index in [1.54, 1.807) is 30.3 Å². The summed E-state index contributed by atoms with van der Waals surface area (Å²) in [5.41, 5.74) is -3.97. The number of benzene rings is 1. The molecule has 0 radical (unpaired) electrons. The summed E-state index contributed by atoms with van der Waals surface area (Å²) in [5.74, 6) is 0.585. The van der Waals surface area contributed by atoms with Gasteiger partial charge in [0, 0.05) is 25.1 Å². The number of unbranched alkanes of at least 4 members (excludes halogenated alkanes) is 4. The van der Waals surface area contributed by atoms with Crippen molar-refractivity contribution < 1.29 is 32.6 Å². The molecule has 12 heteroatoms. The molecule has 0 amide bonds.